The minimum Gasteiger partial charge on any atom is -0.366 e. The second-order valence-electron chi connectivity index (χ2n) is 4.39. The van der Waals surface area contributed by atoms with Crippen LogP contribution < -0.4 is 16.4 Å². The van der Waals surface area contributed by atoms with Crippen LogP contribution in [0.5, 0.6) is 0 Å². The van der Waals surface area contributed by atoms with Gasteiger partial charge in [-0.25, -0.2) is 4.79 Å². The zero-order chi connectivity index (χ0) is 14.5. The first-order chi connectivity index (χ1) is 9.54. The van der Waals surface area contributed by atoms with E-state index in [2.05, 4.69) is 10.6 Å². The molecule has 0 aromatic heterocycles. The normalized spacial score (nSPS) is 9.85. The number of benzene rings is 2. The Bertz CT molecular complexity index is 636. The van der Waals surface area contributed by atoms with E-state index in [1.807, 2.05) is 31.2 Å². The molecule has 2 aromatic carbocycles. The van der Waals surface area contributed by atoms with Gasteiger partial charge in [-0.05, 0) is 48.9 Å². The summed E-state index contributed by atoms with van der Waals surface area (Å²) in [5.74, 6) is -0.499. The molecule has 0 heterocycles. The van der Waals surface area contributed by atoms with Crippen molar-refractivity contribution < 1.29 is 9.59 Å². The highest BCUT2D eigenvalue weighted by atomic mass is 16.2. The fraction of sp³-hybridized carbons (Fsp3) is 0.0667. The number of anilines is 2. The van der Waals surface area contributed by atoms with Gasteiger partial charge in [0.1, 0.15) is 0 Å². The number of urea groups is 1. The number of carbonyl (C=O) groups excluding carboxylic acids is 2. The summed E-state index contributed by atoms with van der Waals surface area (Å²) in [6.07, 6.45) is 0. The molecule has 3 amide bonds. The number of nitrogens with two attached hydrogens (primary N) is 1. The second kappa shape index (κ2) is 5.88. The van der Waals surface area contributed by atoms with Gasteiger partial charge in [-0.3, -0.25) is 4.79 Å². The van der Waals surface area contributed by atoms with E-state index in [-0.39, 0.29) is 6.03 Å². The third-order valence-corrected chi connectivity index (χ3v) is 2.70. The summed E-state index contributed by atoms with van der Waals surface area (Å²) >= 11 is 0. The lowest BCUT2D eigenvalue weighted by Gasteiger charge is -2.08. The number of aryl methyl sites for hydroxylation is 1. The van der Waals surface area contributed by atoms with Gasteiger partial charge in [0.25, 0.3) is 0 Å². The first-order valence-corrected chi connectivity index (χ1v) is 6.09. The molecule has 4 N–H and O–H groups in total. The van der Waals surface area contributed by atoms with Crippen molar-refractivity contribution in [3.05, 3.63) is 59.7 Å². The maximum Gasteiger partial charge on any atom is 0.323 e. The zero-order valence-electron chi connectivity index (χ0n) is 11.0. The summed E-state index contributed by atoms with van der Waals surface area (Å²) in [5.41, 5.74) is 7.91. The van der Waals surface area contributed by atoms with Gasteiger partial charge in [0, 0.05) is 16.9 Å². The third-order valence-electron chi connectivity index (χ3n) is 2.70. The molecule has 0 spiro atoms. The molecule has 2 aromatic rings. The van der Waals surface area contributed by atoms with Gasteiger partial charge >= 0.3 is 6.03 Å². The summed E-state index contributed by atoms with van der Waals surface area (Å²) < 4.78 is 0. The van der Waals surface area contributed by atoms with Gasteiger partial charge in [0.05, 0.1) is 0 Å². The van der Waals surface area contributed by atoms with Crippen molar-refractivity contribution in [2.75, 3.05) is 10.6 Å². The summed E-state index contributed by atoms with van der Waals surface area (Å²) in [6, 6.07) is 13.5. The average Bonchev–Trinajstić information content (AvgIpc) is 2.39. The van der Waals surface area contributed by atoms with Crippen LogP contribution in [-0.4, -0.2) is 11.9 Å². The SMILES string of the molecule is Cc1cccc(NC(=O)Nc2ccc(C(N)=O)cc2)c1. The average molecular weight is 269 g/mol. The lowest BCUT2D eigenvalue weighted by atomic mass is 10.2. The number of hydrogen-bond donors (Lipinski definition) is 3. The van der Waals surface area contributed by atoms with Crippen LogP contribution in [0.25, 0.3) is 0 Å². The van der Waals surface area contributed by atoms with E-state index in [4.69, 9.17) is 5.73 Å². The highest BCUT2D eigenvalue weighted by Crippen LogP contribution is 2.12. The van der Waals surface area contributed by atoms with Crippen LogP contribution in [0, 0.1) is 6.92 Å². The van der Waals surface area contributed by atoms with Crippen LogP contribution in [-0.2, 0) is 0 Å². The Balaban J connectivity index is 1.99. The first kappa shape index (κ1) is 13.6. The molecule has 0 bridgehead atoms. The summed E-state index contributed by atoms with van der Waals surface area (Å²) in [6.45, 7) is 1.95. The maximum atomic E-state index is 11.8. The van der Waals surface area contributed by atoms with Crippen LogP contribution >= 0.6 is 0 Å². The predicted molar refractivity (Wildman–Crippen MR) is 78.8 cm³/mol. The van der Waals surface area contributed by atoms with Gasteiger partial charge in [-0.1, -0.05) is 12.1 Å². The molecule has 0 aliphatic rings. The van der Waals surface area contributed by atoms with Gasteiger partial charge in [-0.2, -0.15) is 0 Å². The van der Waals surface area contributed by atoms with Crippen LogP contribution in [0.15, 0.2) is 48.5 Å². The van der Waals surface area contributed by atoms with Crippen molar-refractivity contribution in [1.29, 1.82) is 0 Å². The highest BCUT2D eigenvalue weighted by molar-refractivity contribution is 6.00. The summed E-state index contributed by atoms with van der Waals surface area (Å²) in [4.78, 5) is 22.7. The van der Waals surface area contributed by atoms with Gasteiger partial charge in [0.2, 0.25) is 5.91 Å². The van der Waals surface area contributed by atoms with Crippen LogP contribution in [0.4, 0.5) is 16.2 Å². The van der Waals surface area contributed by atoms with Crippen molar-refractivity contribution in [2.24, 2.45) is 5.73 Å². The van der Waals surface area contributed by atoms with Gasteiger partial charge < -0.3 is 16.4 Å². The van der Waals surface area contributed by atoms with E-state index in [1.54, 1.807) is 24.3 Å². The Kier molecular flexibility index (Phi) is 4.00. The molecule has 0 atom stereocenters. The molecule has 0 saturated heterocycles. The number of rotatable bonds is 3. The Morgan fingerprint density at radius 1 is 0.950 bits per heavy atom. The monoisotopic (exact) mass is 269 g/mol. The van der Waals surface area contributed by atoms with Crippen molar-refractivity contribution in [2.45, 2.75) is 6.92 Å². The molecule has 0 fully saturated rings. The van der Waals surface area contributed by atoms with E-state index < -0.39 is 5.91 Å². The summed E-state index contributed by atoms with van der Waals surface area (Å²) in [7, 11) is 0. The largest absolute Gasteiger partial charge is 0.366 e. The van der Waals surface area contributed by atoms with Crippen LogP contribution in [0.3, 0.4) is 0 Å². The predicted octanol–water partition coefficient (Wildman–Crippen LogP) is 2.74. The molecule has 5 heteroatoms. The molecule has 0 aliphatic carbocycles. The molecule has 5 nitrogen and oxygen atoms in total. The Morgan fingerprint density at radius 3 is 2.20 bits per heavy atom. The van der Waals surface area contributed by atoms with E-state index in [9.17, 15) is 9.59 Å². The highest BCUT2D eigenvalue weighted by Gasteiger charge is 2.04. The summed E-state index contributed by atoms with van der Waals surface area (Å²) in [5, 5.41) is 5.40. The number of carbonyl (C=O) groups is 2. The van der Waals surface area contributed by atoms with Crippen molar-refractivity contribution in [3.8, 4) is 0 Å². The maximum absolute atomic E-state index is 11.8. The second-order valence-corrected chi connectivity index (χ2v) is 4.39. The molecule has 0 saturated carbocycles. The first-order valence-electron chi connectivity index (χ1n) is 6.09. The molecular weight excluding hydrogens is 254 g/mol. The van der Waals surface area contributed by atoms with Crippen molar-refractivity contribution >= 4 is 23.3 Å². The zero-order valence-corrected chi connectivity index (χ0v) is 11.0. The molecule has 0 radical (unpaired) electrons. The van der Waals surface area contributed by atoms with Crippen molar-refractivity contribution in [3.63, 3.8) is 0 Å². The number of primary amides is 1. The lowest BCUT2D eigenvalue weighted by Crippen LogP contribution is -2.19. The van der Waals surface area contributed by atoms with E-state index in [0.29, 0.717) is 11.3 Å². The fourth-order valence-corrected chi connectivity index (χ4v) is 1.73. The van der Waals surface area contributed by atoms with Gasteiger partial charge in [-0.15, -0.1) is 0 Å². The van der Waals surface area contributed by atoms with Gasteiger partial charge in [0.15, 0.2) is 0 Å². The molecule has 2 rings (SSSR count). The van der Waals surface area contributed by atoms with Crippen LogP contribution in [0.1, 0.15) is 15.9 Å². The minimum absolute atomic E-state index is 0.345. The quantitative estimate of drug-likeness (QED) is 0.800. The Hall–Kier alpha value is -2.82. The number of hydrogen-bond acceptors (Lipinski definition) is 2. The molecular formula is C15H15N3O2. The fourth-order valence-electron chi connectivity index (χ4n) is 1.73. The molecule has 0 aliphatic heterocycles. The Labute approximate surface area is 116 Å². The topological polar surface area (TPSA) is 84.2 Å². The molecule has 102 valence electrons. The number of amides is 3. The number of nitrogens with one attached hydrogen (secondary N) is 2. The minimum atomic E-state index is -0.499. The van der Waals surface area contributed by atoms with E-state index >= 15 is 0 Å². The Morgan fingerprint density at radius 2 is 1.60 bits per heavy atom. The lowest BCUT2D eigenvalue weighted by molar-refractivity contribution is 0.100. The van der Waals surface area contributed by atoms with E-state index in [0.717, 1.165) is 11.3 Å². The van der Waals surface area contributed by atoms with E-state index in [1.165, 1.54) is 0 Å². The third kappa shape index (κ3) is 3.58. The standard InChI is InChI=1S/C15H15N3O2/c1-10-3-2-4-13(9-10)18-15(20)17-12-7-5-11(6-8-12)14(16)19/h2-9H,1H3,(H2,16,19)(H2,17,18,20). The van der Waals surface area contributed by atoms with Crippen molar-refractivity contribution in [1.82, 2.24) is 0 Å². The van der Waals surface area contributed by atoms with Crippen LogP contribution in [0.2, 0.25) is 0 Å². The smallest absolute Gasteiger partial charge is 0.323 e. The molecule has 0 unspecified atom stereocenters. The molecule has 20 heavy (non-hydrogen) atoms.